The van der Waals surface area contributed by atoms with E-state index in [-0.39, 0.29) is 5.82 Å². The van der Waals surface area contributed by atoms with Gasteiger partial charge in [0.15, 0.2) is 0 Å². The minimum absolute atomic E-state index is 0.179. The molecule has 0 amide bonds. The molecule has 0 aliphatic heterocycles. The van der Waals surface area contributed by atoms with E-state index >= 15 is 0 Å². The van der Waals surface area contributed by atoms with Gasteiger partial charge in [0.1, 0.15) is 5.82 Å². The van der Waals surface area contributed by atoms with Gasteiger partial charge in [0, 0.05) is 11.4 Å². The predicted molar refractivity (Wildman–Crippen MR) is 68.7 cm³/mol. The zero-order valence-corrected chi connectivity index (χ0v) is 10.6. The van der Waals surface area contributed by atoms with Gasteiger partial charge in [0.25, 0.3) is 0 Å². The van der Waals surface area contributed by atoms with E-state index in [1.54, 1.807) is 11.3 Å². The molecule has 2 nitrogen and oxygen atoms in total. The Kier molecular flexibility index (Phi) is 4.23. The Morgan fingerprint density at radius 1 is 1.29 bits per heavy atom. The van der Waals surface area contributed by atoms with Gasteiger partial charge in [-0.05, 0) is 37.6 Å². The summed E-state index contributed by atoms with van der Waals surface area (Å²) in [6.45, 7) is 3.77. The molecular weight excluding hydrogens is 235 g/mol. The third-order valence-electron chi connectivity index (χ3n) is 2.63. The summed E-state index contributed by atoms with van der Waals surface area (Å²) in [5, 5.41) is 3.37. The van der Waals surface area contributed by atoms with E-state index in [9.17, 15) is 4.39 Å². The van der Waals surface area contributed by atoms with Crippen LogP contribution in [0.15, 0.2) is 29.8 Å². The average molecular weight is 250 g/mol. The number of hydrogen-bond acceptors (Lipinski definition) is 3. The Bertz CT molecular complexity index is 465. The Hall–Kier alpha value is -1.26. The first-order valence-corrected chi connectivity index (χ1v) is 6.48. The number of nitrogens with one attached hydrogen (secondary N) is 1. The highest BCUT2D eigenvalue weighted by molar-refractivity contribution is 7.09. The molecule has 0 aliphatic carbocycles. The molecule has 1 aromatic heterocycles. The van der Waals surface area contributed by atoms with Crippen LogP contribution in [0.2, 0.25) is 0 Å². The number of benzene rings is 1. The number of aryl methyl sites for hydroxylation is 1. The van der Waals surface area contributed by atoms with Crippen LogP contribution in [0.4, 0.5) is 4.39 Å². The lowest BCUT2D eigenvalue weighted by Gasteiger charge is -2.04. The number of nitrogens with zero attached hydrogens (tertiary/aromatic N) is 1. The highest BCUT2D eigenvalue weighted by Crippen LogP contribution is 2.11. The van der Waals surface area contributed by atoms with Crippen molar-refractivity contribution in [2.75, 3.05) is 6.54 Å². The molecule has 4 heteroatoms. The number of thiazole rings is 1. The van der Waals surface area contributed by atoms with Crippen molar-refractivity contribution in [3.63, 3.8) is 0 Å². The van der Waals surface area contributed by atoms with E-state index < -0.39 is 0 Å². The third kappa shape index (κ3) is 3.61. The molecule has 0 bridgehead atoms. The Morgan fingerprint density at radius 2 is 2.06 bits per heavy atom. The first-order valence-electron chi connectivity index (χ1n) is 5.60. The Morgan fingerprint density at radius 3 is 2.71 bits per heavy atom. The first kappa shape index (κ1) is 12.2. The summed E-state index contributed by atoms with van der Waals surface area (Å²) in [7, 11) is 0. The van der Waals surface area contributed by atoms with Gasteiger partial charge in [-0.25, -0.2) is 9.37 Å². The maximum Gasteiger partial charge on any atom is 0.123 e. The van der Waals surface area contributed by atoms with E-state index in [0.717, 1.165) is 30.8 Å². The molecule has 0 saturated carbocycles. The predicted octanol–water partition coefficient (Wildman–Crippen LogP) is 2.92. The van der Waals surface area contributed by atoms with E-state index in [1.807, 2.05) is 24.6 Å². The molecule has 0 aliphatic rings. The maximum absolute atomic E-state index is 12.7. The van der Waals surface area contributed by atoms with Gasteiger partial charge in [-0.15, -0.1) is 11.3 Å². The number of rotatable bonds is 5. The van der Waals surface area contributed by atoms with Crippen molar-refractivity contribution in [2.24, 2.45) is 0 Å². The van der Waals surface area contributed by atoms with E-state index in [1.165, 1.54) is 17.0 Å². The largest absolute Gasteiger partial charge is 0.311 e. The fourth-order valence-corrected chi connectivity index (χ4v) is 2.33. The quantitative estimate of drug-likeness (QED) is 0.825. The summed E-state index contributed by atoms with van der Waals surface area (Å²) in [6, 6.07) is 6.66. The van der Waals surface area contributed by atoms with Crippen LogP contribution in [0.5, 0.6) is 0 Å². The van der Waals surface area contributed by atoms with E-state index in [2.05, 4.69) is 10.3 Å². The molecular formula is C13H15FN2S. The van der Waals surface area contributed by atoms with Crippen LogP contribution in [0, 0.1) is 12.7 Å². The summed E-state index contributed by atoms with van der Waals surface area (Å²) in [6.07, 6.45) is 0.915. The van der Waals surface area contributed by atoms with Crippen LogP contribution in [0.1, 0.15) is 16.1 Å². The Balaban J connectivity index is 1.73. The summed E-state index contributed by atoms with van der Waals surface area (Å²) in [5.41, 5.74) is 4.12. The lowest BCUT2D eigenvalue weighted by atomic mass is 10.1. The van der Waals surface area contributed by atoms with Crippen molar-refractivity contribution in [3.05, 3.63) is 51.7 Å². The summed E-state index contributed by atoms with van der Waals surface area (Å²) < 4.78 is 12.7. The highest BCUT2D eigenvalue weighted by atomic mass is 32.1. The van der Waals surface area contributed by atoms with Crippen molar-refractivity contribution in [1.29, 1.82) is 0 Å². The summed E-state index contributed by atoms with van der Waals surface area (Å²) >= 11 is 1.67. The van der Waals surface area contributed by atoms with Gasteiger partial charge < -0.3 is 5.32 Å². The zero-order chi connectivity index (χ0) is 12.1. The molecule has 0 saturated heterocycles. The average Bonchev–Trinajstić information content (AvgIpc) is 2.73. The molecule has 0 spiro atoms. The van der Waals surface area contributed by atoms with Crippen molar-refractivity contribution in [1.82, 2.24) is 10.3 Å². The molecule has 17 heavy (non-hydrogen) atoms. The molecule has 90 valence electrons. The smallest absolute Gasteiger partial charge is 0.123 e. The van der Waals surface area contributed by atoms with Crippen LogP contribution in [0.3, 0.4) is 0 Å². The fraction of sp³-hybridized carbons (Fsp3) is 0.308. The van der Waals surface area contributed by atoms with Crippen LogP contribution in [-0.4, -0.2) is 11.5 Å². The van der Waals surface area contributed by atoms with Gasteiger partial charge in [0.2, 0.25) is 0 Å². The SMILES string of the molecule is Cc1ncsc1CNCCc1ccc(F)cc1. The van der Waals surface area contributed by atoms with Crippen molar-refractivity contribution in [3.8, 4) is 0 Å². The monoisotopic (exact) mass is 250 g/mol. The van der Waals surface area contributed by atoms with Crippen LogP contribution >= 0.6 is 11.3 Å². The maximum atomic E-state index is 12.7. The van der Waals surface area contributed by atoms with Crippen molar-refractivity contribution >= 4 is 11.3 Å². The van der Waals surface area contributed by atoms with E-state index in [0.29, 0.717) is 0 Å². The van der Waals surface area contributed by atoms with E-state index in [4.69, 9.17) is 0 Å². The van der Waals surface area contributed by atoms with Gasteiger partial charge in [-0.1, -0.05) is 12.1 Å². The standard InChI is InChI=1S/C13H15FN2S/c1-10-13(17-9-16-10)8-15-7-6-11-2-4-12(14)5-3-11/h2-5,9,15H,6-8H2,1H3. The highest BCUT2D eigenvalue weighted by Gasteiger charge is 2.00. The molecule has 2 rings (SSSR count). The Labute approximate surface area is 105 Å². The third-order valence-corrected chi connectivity index (χ3v) is 3.57. The van der Waals surface area contributed by atoms with Crippen molar-refractivity contribution < 1.29 is 4.39 Å². The molecule has 0 atom stereocenters. The normalized spacial score (nSPS) is 10.7. The minimum atomic E-state index is -0.179. The van der Waals surface area contributed by atoms with Gasteiger partial charge in [0.05, 0.1) is 11.2 Å². The first-order chi connectivity index (χ1) is 8.25. The second-order valence-corrected chi connectivity index (χ2v) is 4.85. The minimum Gasteiger partial charge on any atom is -0.311 e. The van der Waals surface area contributed by atoms with Gasteiger partial charge >= 0.3 is 0 Å². The second kappa shape index (κ2) is 5.89. The summed E-state index contributed by atoms with van der Waals surface area (Å²) in [5.74, 6) is -0.179. The van der Waals surface area contributed by atoms with Crippen molar-refractivity contribution in [2.45, 2.75) is 19.9 Å². The van der Waals surface area contributed by atoms with Gasteiger partial charge in [-0.3, -0.25) is 0 Å². The molecule has 1 N–H and O–H groups in total. The lowest BCUT2D eigenvalue weighted by molar-refractivity contribution is 0.626. The number of aromatic nitrogens is 1. The molecule has 0 unspecified atom stereocenters. The van der Waals surface area contributed by atoms with Crippen LogP contribution < -0.4 is 5.32 Å². The summed E-state index contributed by atoms with van der Waals surface area (Å²) in [4.78, 5) is 5.48. The topological polar surface area (TPSA) is 24.9 Å². The molecule has 0 fully saturated rings. The lowest BCUT2D eigenvalue weighted by Crippen LogP contribution is -2.16. The molecule has 0 radical (unpaired) electrons. The number of hydrogen-bond donors (Lipinski definition) is 1. The second-order valence-electron chi connectivity index (χ2n) is 3.91. The van der Waals surface area contributed by atoms with Crippen LogP contribution in [-0.2, 0) is 13.0 Å². The molecule has 1 aromatic carbocycles. The number of halogens is 1. The zero-order valence-electron chi connectivity index (χ0n) is 9.74. The molecule has 2 aromatic rings. The molecule has 1 heterocycles. The van der Waals surface area contributed by atoms with Crippen LogP contribution in [0.25, 0.3) is 0 Å². The van der Waals surface area contributed by atoms with Gasteiger partial charge in [-0.2, -0.15) is 0 Å². The fourth-order valence-electron chi connectivity index (χ4n) is 1.58.